The quantitative estimate of drug-likeness (QED) is 0.277. The van der Waals surface area contributed by atoms with Gasteiger partial charge in [0.05, 0.1) is 24.2 Å². The van der Waals surface area contributed by atoms with E-state index in [1.807, 2.05) is 54.9 Å². The molecular formula is C30H30F2N4O3. The summed E-state index contributed by atoms with van der Waals surface area (Å²) in [5.74, 6) is -1.54. The summed E-state index contributed by atoms with van der Waals surface area (Å²) in [7, 11) is 1.56. The lowest BCUT2D eigenvalue weighted by atomic mass is 9.90. The number of carbonyl (C=O) groups excluding carboxylic acids is 1. The number of Topliss-reactive ketones (excluding diaryl/α,β-unsaturated/α-hetero) is 1. The van der Waals surface area contributed by atoms with Crippen molar-refractivity contribution in [2.24, 2.45) is 5.92 Å². The lowest BCUT2D eigenvalue weighted by Gasteiger charge is -2.18. The van der Waals surface area contributed by atoms with E-state index in [9.17, 15) is 13.6 Å². The van der Waals surface area contributed by atoms with Crippen molar-refractivity contribution in [1.82, 2.24) is 19.8 Å². The van der Waals surface area contributed by atoms with Crippen LogP contribution in [0.4, 0.5) is 8.78 Å². The molecule has 0 amide bonds. The average Bonchev–Trinajstić information content (AvgIpc) is 3.51. The van der Waals surface area contributed by atoms with E-state index in [4.69, 9.17) is 14.7 Å². The minimum Gasteiger partial charge on any atom is -0.481 e. The molecule has 9 heteroatoms. The Hall–Kier alpha value is -3.95. The number of ketones is 1. The van der Waals surface area contributed by atoms with Gasteiger partial charge in [-0.15, -0.1) is 0 Å². The van der Waals surface area contributed by atoms with Crippen LogP contribution in [0.5, 0.6) is 5.88 Å². The summed E-state index contributed by atoms with van der Waals surface area (Å²) in [5.41, 5.74) is 4.58. The van der Waals surface area contributed by atoms with E-state index in [1.165, 1.54) is 6.07 Å². The normalized spacial score (nSPS) is 17.5. The summed E-state index contributed by atoms with van der Waals surface area (Å²) in [6, 6.07) is 17.1. The SMILES string of the molecule is CCN1C[C@@H](CC(=O)Cc2c(C)c(-c3ccc(OC)nc3)nn2-c2ccccc2)[C@H](c2ccc(F)c(F)c2)O1. The number of pyridine rings is 1. The monoisotopic (exact) mass is 532 g/mol. The van der Waals surface area contributed by atoms with Gasteiger partial charge in [0.15, 0.2) is 11.6 Å². The van der Waals surface area contributed by atoms with Crippen molar-refractivity contribution in [3.05, 3.63) is 95.3 Å². The summed E-state index contributed by atoms with van der Waals surface area (Å²) in [5, 5.41) is 6.63. The van der Waals surface area contributed by atoms with Gasteiger partial charge in [-0.3, -0.25) is 9.63 Å². The molecular weight excluding hydrogens is 502 g/mol. The molecule has 2 atom stereocenters. The number of nitrogens with zero attached hydrogens (tertiary/aromatic N) is 4. The average molecular weight is 533 g/mol. The van der Waals surface area contributed by atoms with Crippen LogP contribution in [0, 0.1) is 24.5 Å². The number of benzene rings is 2. The Morgan fingerprint density at radius 3 is 2.56 bits per heavy atom. The van der Waals surface area contributed by atoms with E-state index in [0.29, 0.717) is 24.5 Å². The van der Waals surface area contributed by atoms with Crippen molar-refractivity contribution < 1.29 is 23.1 Å². The Bertz CT molecular complexity index is 1460. The van der Waals surface area contributed by atoms with Gasteiger partial charge in [0.2, 0.25) is 5.88 Å². The standard InChI is InChI=1S/C30H30F2N4O3/c1-4-35-18-22(30(39-35)20-10-12-25(31)26(32)15-20)14-24(37)16-27-19(2)29(21-11-13-28(38-3)33-17-21)34-36(27)23-8-6-5-7-9-23/h5-13,15,17,22,30H,4,14,16,18H2,1-3H3/t22-,30+/m1/s1. The van der Waals surface area contributed by atoms with Crippen LogP contribution in [-0.2, 0) is 16.1 Å². The first-order chi connectivity index (χ1) is 18.9. The Labute approximate surface area is 226 Å². The highest BCUT2D eigenvalue weighted by Gasteiger charge is 2.36. The van der Waals surface area contributed by atoms with Gasteiger partial charge < -0.3 is 4.74 Å². The van der Waals surface area contributed by atoms with E-state index >= 15 is 0 Å². The Morgan fingerprint density at radius 1 is 1.10 bits per heavy atom. The molecule has 7 nitrogen and oxygen atoms in total. The molecule has 0 unspecified atom stereocenters. The number of rotatable bonds is 9. The van der Waals surface area contributed by atoms with E-state index < -0.39 is 17.7 Å². The number of halogens is 2. The number of hydrogen-bond donors (Lipinski definition) is 0. The van der Waals surface area contributed by atoms with Crippen molar-refractivity contribution >= 4 is 5.78 Å². The van der Waals surface area contributed by atoms with Crippen LogP contribution in [0.2, 0.25) is 0 Å². The van der Waals surface area contributed by atoms with Crippen LogP contribution in [0.3, 0.4) is 0 Å². The zero-order valence-corrected chi connectivity index (χ0v) is 22.1. The summed E-state index contributed by atoms with van der Waals surface area (Å²) in [4.78, 5) is 23.9. The molecule has 0 aliphatic carbocycles. The van der Waals surface area contributed by atoms with Crippen LogP contribution in [0.25, 0.3) is 16.9 Å². The van der Waals surface area contributed by atoms with Crippen molar-refractivity contribution in [1.29, 1.82) is 0 Å². The molecule has 0 spiro atoms. The first-order valence-corrected chi connectivity index (χ1v) is 12.9. The third-order valence-corrected chi connectivity index (χ3v) is 7.07. The zero-order valence-electron chi connectivity index (χ0n) is 22.1. The highest BCUT2D eigenvalue weighted by atomic mass is 19.2. The lowest BCUT2D eigenvalue weighted by Crippen LogP contribution is -2.20. The molecule has 1 aliphatic heterocycles. The van der Waals surface area contributed by atoms with Crippen LogP contribution in [-0.4, -0.2) is 45.8 Å². The van der Waals surface area contributed by atoms with Gasteiger partial charge in [-0.2, -0.15) is 10.2 Å². The number of ether oxygens (including phenoxy) is 1. The van der Waals surface area contributed by atoms with Gasteiger partial charge in [0.1, 0.15) is 11.9 Å². The van der Waals surface area contributed by atoms with Crippen LogP contribution >= 0.6 is 0 Å². The maximum absolute atomic E-state index is 14.0. The Morgan fingerprint density at radius 2 is 1.90 bits per heavy atom. The molecule has 2 aromatic heterocycles. The van der Waals surface area contributed by atoms with Gasteiger partial charge in [-0.1, -0.05) is 31.2 Å². The number of aromatic nitrogens is 3. The van der Waals surface area contributed by atoms with Gasteiger partial charge in [-0.05, 0) is 48.4 Å². The zero-order chi connectivity index (χ0) is 27.5. The predicted molar refractivity (Wildman–Crippen MR) is 142 cm³/mol. The fraction of sp³-hybridized carbons (Fsp3) is 0.300. The maximum atomic E-state index is 14.0. The second-order valence-electron chi connectivity index (χ2n) is 9.62. The summed E-state index contributed by atoms with van der Waals surface area (Å²) in [6.45, 7) is 5.04. The fourth-order valence-electron chi connectivity index (χ4n) is 5.03. The highest BCUT2D eigenvalue weighted by molar-refractivity contribution is 5.82. The number of hydroxylamine groups is 2. The fourth-order valence-corrected chi connectivity index (χ4v) is 5.03. The molecule has 1 fully saturated rings. The van der Waals surface area contributed by atoms with E-state index in [1.54, 1.807) is 24.4 Å². The minimum atomic E-state index is -0.931. The Kier molecular flexibility index (Phi) is 7.81. The molecule has 0 N–H and O–H groups in total. The molecule has 1 aliphatic rings. The van der Waals surface area contributed by atoms with Gasteiger partial charge >= 0.3 is 0 Å². The molecule has 3 heterocycles. The number of methoxy groups -OCH3 is 1. The van der Waals surface area contributed by atoms with Gasteiger partial charge in [0, 0.05) is 49.7 Å². The second kappa shape index (κ2) is 11.4. The maximum Gasteiger partial charge on any atom is 0.212 e. The molecule has 202 valence electrons. The van der Waals surface area contributed by atoms with Crippen molar-refractivity contribution in [3.63, 3.8) is 0 Å². The molecule has 5 rings (SSSR count). The summed E-state index contributed by atoms with van der Waals surface area (Å²) >= 11 is 0. The topological polar surface area (TPSA) is 69.5 Å². The first-order valence-electron chi connectivity index (χ1n) is 12.9. The van der Waals surface area contributed by atoms with E-state index in [-0.39, 0.29) is 24.5 Å². The number of hydrogen-bond acceptors (Lipinski definition) is 6. The smallest absolute Gasteiger partial charge is 0.212 e. The Balaban J connectivity index is 1.43. The molecule has 1 saturated heterocycles. The summed E-state index contributed by atoms with van der Waals surface area (Å²) in [6.07, 6.45) is 1.55. The molecule has 0 saturated carbocycles. The second-order valence-corrected chi connectivity index (χ2v) is 9.62. The molecule has 4 aromatic rings. The van der Waals surface area contributed by atoms with Crippen molar-refractivity contribution in [3.8, 4) is 22.8 Å². The first kappa shape index (κ1) is 26.6. The third kappa shape index (κ3) is 5.60. The molecule has 0 radical (unpaired) electrons. The minimum absolute atomic E-state index is 0.00808. The highest BCUT2D eigenvalue weighted by Crippen LogP contribution is 2.37. The largest absolute Gasteiger partial charge is 0.481 e. The van der Waals surface area contributed by atoms with Crippen LogP contribution < -0.4 is 4.74 Å². The predicted octanol–water partition coefficient (Wildman–Crippen LogP) is 5.66. The third-order valence-electron chi connectivity index (χ3n) is 7.07. The number of para-hydroxylation sites is 1. The van der Waals surface area contributed by atoms with E-state index in [2.05, 4.69) is 4.98 Å². The number of carbonyl (C=O) groups is 1. The van der Waals surface area contributed by atoms with Crippen molar-refractivity contribution in [2.75, 3.05) is 20.2 Å². The molecule has 2 aromatic carbocycles. The lowest BCUT2D eigenvalue weighted by molar-refractivity contribution is -0.146. The van der Waals surface area contributed by atoms with Crippen LogP contribution in [0.1, 0.15) is 36.3 Å². The van der Waals surface area contributed by atoms with Gasteiger partial charge in [-0.25, -0.2) is 18.4 Å². The van der Waals surface area contributed by atoms with Crippen LogP contribution in [0.15, 0.2) is 66.9 Å². The molecule has 0 bridgehead atoms. The van der Waals surface area contributed by atoms with Gasteiger partial charge in [0.25, 0.3) is 0 Å². The van der Waals surface area contributed by atoms with E-state index in [0.717, 1.165) is 40.3 Å². The van der Waals surface area contributed by atoms with Crippen molar-refractivity contribution in [2.45, 2.75) is 32.8 Å². The molecule has 39 heavy (non-hydrogen) atoms. The summed E-state index contributed by atoms with van der Waals surface area (Å²) < 4.78 is 34.5.